The predicted octanol–water partition coefficient (Wildman–Crippen LogP) is 4.90. The van der Waals surface area contributed by atoms with Crippen LogP contribution in [0.3, 0.4) is 0 Å². The van der Waals surface area contributed by atoms with Crippen LogP contribution in [-0.2, 0) is 11.2 Å². The summed E-state index contributed by atoms with van der Waals surface area (Å²) in [5.41, 5.74) is 1.68. The van der Waals surface area contributed by atoms with Gasteiger partial charge in [0.25, 0.3) is 6.43 Å². The second-order valence-corrected chi connectivity index (χ2v) is 9.40. The molecule has 1 aromatic rings. The second-order valence-electron chi connectivity index (χ2n) is 9.40. The van der Waals surface area contributed by atoms with Gasteiger partial charge in [0.1, 0.15) is 11.5 Å². The molecule has 35 heavy (non-hydrogen) atoms. The minimum atomic E-state index is -2.56. The monoisotopic (exact) mass is 491 g/mol. The Morgan fingerprint density at radius 2 is 1.83 bits per heavy atom. The van der Waals surface area contributed by atoms with Crippen molar-refractivity contribution in [3.63, 3.8) is 0 Å². The van der Waals surface area contributed by atoms with Crippen LogP contribution >= 0.6 is 0 Å². The SMILES string of the molecule is C=CC(=O)N1CCN([C@@H]2CN3c4cc(N(CCC)CCC)nc(C(F)F)c4CCC[C@@H]23)CC1.CC. The quantitative estimate of drug-likeness (QED) is 0.484. The average molecular weight is 492 g/mol. The molecule has 0 spiro atoms. The summed E-state index contributed by atoms with van der Waals surface area (Å²) in [5.74, 6) is 0.685. The molecule has 4 heterocycles. The number of aromatic nitrogens is 1. The molecule has 196 valence electrons. The number of nitrogens with zero attached hydrogens (tertiary/aromatic N) is 5. The van der Waals surface area contributed by atoms with E-state index in [9.17, 15) is 13.6 Å². The zero-order chi connectivity index (χ0) is 25.5. The van der Waals surface area contributed by atoms with Crippen molar-refractivity contribution in [3.05, 3.63) is 30.0 Å². The summed E-state index contributed by atoms with van der Waals surface area (Å²) in [4.78, 5) is 25.2. The molecule has 0 unspecified atom stereocenters. The number of halogens is 2. The number of anilines is 2. The van der Waals surface area contributed by atoms with Crippen LogP contribution in [0.5, 0.6) is 0 Å². The topological polar surface area (TPSA) is 42.9 Å². The lowest BCUT2D eigenvalue weighted by molar-refractivity contribution is -0.128. The normalized spacial score (nSPS) is 21.8. The van der Waals surface area contributed by atoms with Crippen molar-refractivity contribution in [2.24, 2.45) is 0 Å². The van der Waals surface area contributed by atoms with Gasteiger partial charge in [-0.3, -0.25) is 9.69 Å². The van der Waals surface area contributed by atoms with Crippen molar-refractivity contribution in [1.82, 2.24) is 14.8 Å². The molecule has 0 radical (unpaired) electrons. The van der Waals surface area contributed by atoms with E-state index in [1.165, 1.54) is 6.08 Å². The standard InChI is InChI=1S/C25H37F2N5O.C2H6/c1-4-10-30(11-5-2)22-16-20-18(24(28-22)25(26)27)8-7-9-19-21(17-32(19)20)29-12-14-31(15-13-29)23(33)6-3;1-2/h6,16,19,21,25H,3-5,7-15,17H2,1-2H3;1-2H3/t19-,21+;/m0./s1. The number of carbonyl (C=O) groups is 1. The largest absolute Gasteiger partial charge is 0.365 e. The molecule has 2 fully saturated rings. The fraction of sp³-hybridized carbons (Fsp3) is 0.704. The molecule has 2 atom stereocenters. The lowest BCUT2D eigenvalue weighted by Crippen LogP contribution is -2.69. The number of carbonyl (C=O) groups excluding carboxylic acids is 1. The van der Waals surface area contributed by atoms with Gasteiger partial charge in [-0.1, -0.05) is 34.3 Å². The Labute approximate surface area is 210 Å². The van der Waals surface area contributed by atoms with E-state index in [4.69, 9.17) is 0 Å². The van der Waals surface area contributed by atoms with E-state index in [0.717, 1.165) is 82.7 Å². The fourth-order valence-electron chi connectivity index (χ4n) is 5.70. The number of pyridine rings is 1. The van der Waals surface area contributed by atoms with Gasteiger partial charge in [-0.15, -0.1) is 0 Å². The molecular formula is C27H43F2N5O. The van der Waals surface area contributed by atoms with Crippen molar-refractivity contribution < 1.29 is 13.6 Å². The molecule has 2 saturated heterocycles. The lowest BCUT2D eigenvalue weighted by atomic mass is 9.90. The summed E-state index contributed by atoms with van der Waals surface area (Å²) < 4.78 is 28.2. The van der Waals surface area contributed by atoms with E-state index in [0.29, 0.717) is 24.3 Å². The summed E-state index contributed by atoms with van der Waals surface area (Å²) in [6.45, 7) is 17.4. The number of piperazine rings is 1. The molecule has 3 aliphatic heterocycles. The molecule has 3 aliphatic rings. The first-order valence-corrected chi connectivity index (χ1v) is 13.5. The van der Waals surface area contributed by atoms with Crippen LogP contribution in [0.1, 0.15) is 71.1 Å². The molecule has 6 nitrogen and oxygen atoms in total. The summed E-state index contributed by atoms with van der Waals surface area (Å²) in [6, 6.07) is 2.81. The highest BCUT2D eigenvalue weighted by atomic mass is 19.3. The number of rotatable bonds is 8. The Morgan fingerprint density at radius 1 is 1.17 bits per heavy atom. The molecule has 0 aromatic carbocycles. The zero-order valence-corrected chi connectivity index (χ0v) is 22.0. The molecule has 8 heteroatoms. The van der Waals surface area contributed by atoms with E-state index in [1.807, 2.05) is 18.7 Å². The first-order valence-electron chi connectivity index (χ1n) is 13.5. The summed E-state index contributed by atoms with van der Waals surface area (Å²) >= 11 is 0. The zero-order valence-electron chi connectivity index (χ0n) is 22.0. The Balaban J connectivity index is 0.00000167. The van der Waals surface area contributed by atoms with Gasteiger partial charge in [-0.2, -0.15) is 0 Å². The van der Waals surface area contributed by atoms with Crippen LogP contribution in [0.2, 0.25) is 0 Å². The van der Waals surface area contributed by atoms with Crippen LogP contribution in [0.25, 0.3) is 0 Å². The molecule has 0 bridgehead atoms. The van der Waals surface area contributed by atoms with Crippen LogP contribution in [0, 0.1) is 0 Å². The minimum absolute atomic E-state index is 0.00319. The molecule has 1 aromatic heterocycles. The van der Waals surface area contributed by atoms with Crippen molar-refractivity contribution in [1.29, 1.82) is 0 Å². The molecule has 0 saturated carbocycles. The molecule has 0 N–H and O–H groups in total. The number of hydrogen-bond acceptors (Lipinski definition) is 5. The van der Waals surface area contributed by atoms with Crippen LogP contribution in [0.15, 0.2) is 18.7 Å². The fourth-order valence-corrected chi connectivity index (χ4v) is 5.70. The van der Waals surface area contributed by atoms with E-state index in [-0.39, 0.29) is 11.6 Å². The maximum absolute atomic E-state index is 14.1. The Bertz CT molecular complexity index is 850. The molecule has 1 amide bonds. The summed E-state index contributed by atoms with van der Waals surface area (Å²) in [5, 5.41) is 0. The van der Waals surface area contributed by atoms with E-state index in [2.05, 4.69) is 46.2 Å². The number of fused-ring (bicyclic) bond motifs is 3. The third-order valence-corrected chi connectivity index (χ3v) is 7.37. The first-order chi connectivity index (χ1) is 17.0. The smallest absolute Gasteiger partial charge is 0.280 e. The van der Waals surface area contributed by atoms with Gasteiger partial charge in [0.2, 0.25) is 5.91 Å². The van der Waals surface area contributed by atoms with Gasteiger partial charge in [0.15, 0.2) is 0 Å². The van der Waals surface area contributed by atoms with Crippen LogP contribution in [0.4, 0.5) is 20.3 Å². The first kappa shape index (κ1) is 27.4. The highest BCUT2D eigenvalue weighted by Crippen LogP contribution is 2.42. The third kappa shape index (κ3) is 5.79. The maximum atomic E-state index is 14.1. The third-order valence-electron chi connectivity index (χ3n) is 7.37. The maximum Gasteiger partial charge on any atom is 0.280 e. The van der Waals surface area contributed by atoms with E-state index >= 15 is 0 Å². The van der Waals surface area contributed by atoms with Gasteiger partial charge >= 0.3 is 0 Å². The van der Waals surface area contributed by atoms with Crippen LogP contribution in [-0.4, -0.2) is 78.6 Å². The van der Waals surface area contributed by atoms with Gasteiger partial charge < -0.3 is 14.7 Å². The van der Waals surface area contributed by atoms with Crippen LogP contribution < -0.4 is 9.80 Å². The highest BCUT2D eigenvalue weighted by Gasteiger charge is 2.45. The van der Waals surface area contributed by atoms with Crippen molar-refractivity contribution in [2.75, 3.05) is 55.6 Å². The summed E-state index contributed by atoms with van der Waals surface area (Å²) in [6.07, 6.45) is 3.29. The Hall–Kier alpha value is -2.22. The van der Waals surface area contributed by atoms with Gasteiger partial charge in [0.05, 0.1) is 0 Å². The summed E-state index contributed by atoms with van der Waals surface area (Å²) in [7, 11) is 0. The van der Waals surface area contributed by atoms with Gasteiger partial charge in [0, 0.05) is 75.2 Å². The van der Waals surface area contributed by atoms with E-state index < -0.39 is 6.43 Å². The average Bonchev–Trinajstić information content (AvgIpc) is 3.00. The van der Waals surface area contributed by atoms with Gasteiger partial charge in [-0.25, -0.2) is 13.8 Å². The van der Waals surface area contributed by atoms with Crippen molar-refractivity contribution in [3.8, 4) is 0 Å². The predicted molar refractivity (Wildman–Crippen MR) is 140 cm³/mol. The Kier molecular flexibility index (Phi) is 9.89. The number of alkyl halides is 2. The number of hydrogen-bond donors (Lipinski definition) is 0. The second kappa shape index (κ2) is 12.7. The van der Waals surface area contributed by atoms with Crippen molar-refractivity contribution >= 4 is 17.4 Å². The van der Waals surface area contributed by atoms with E-state index in [1.54, 1.807) is 0 Å². The number of amides is 1. The Morgan fingerprint density at radius 3 is 2.40 bits per heavy atom. The lowest BCUT2D eigenvalue weighted by Gasteiger charge is -2.55. The molecule has 4 rings (SSSR count). The molecular weight excluding hydrogens is 448 g/mol. The minimum Gasteiger partial charge on any atom is -0.365 e. The van der Waals surface area contributed by atoms with Crippen molar-refractivity contribution in [2.45, 2.75) is 78.3 Å². The molecule has 0 aliphatic carbocycles. The highest BCUT2D eigenvalue weighted by molar-refractivity contribution is 5.87. The van der Waals surface area contributed by atoms with Gasteiger partial charge in [-0.05, 0) is 38.2 Å².